The number of sulfone groups is 1. The van der Waals surface area contributed by atoms with Gasteiger partial charge in [0, 0.05) is 19.1 Å². The van der Waals surface area contributed by atoms with Gasteiger partial charge in [0.15, 0.2) is 9.84 Å². The van der Waals surface area contributed by atoms with E-state index in [2.05, 4.69) is 5.32 Å². The summed E-state index contributed by atoms with van der Waals surface area (Å²) in [5.41, 5.74) is 0. The Morgan fingerprint density at radius 1 is 1.44 bits per heavy atom. The van der Waals surface area contributed by atoms with Crippen LogP contribution in [0.3, 0.4) is 0 Å². The fraction of sp³-hybridized carbons (Fsp3) is 1.00. The number of rotatable bonds is 5. The third-order valence-corrected chi connectivity index (χ3v) is 7.30. The molecule has 2 unspecified atom stereocenters. The molecule has 1 N–H and O–H groups in total. The standard InChI is InChI=1S/C10H22N2O4S2/c1-4-11-7-10(3)18(15,16)12-5-6-17(13,14)8-9(12)2/h9-11H,4-8H2,1-3H3. The second-order valence-corrected chi connectivity index (χ2v) is 9.27. The Morgan fingerprint density at radius 2 is 2.06 bits per heavy atom. The molecule has 108 valence electrons. The van der Waals surface area contributed by atoms with Crippen molar-refractivity contribution in [1.29, 1.82) is 0 Å². The third kappa shape index (κ3) is 3.66. The van der Waals surface area contributed by atoms with E-state index in [0.29, 0.717) is 13.1 Å². The zero-order valence-corrected chi connectivity index (χ0v) is 12.7. The maximum absolute atomic E-state index is 12.3. The summed E-state index contributed by atoms with van der Waals surface area (Å²) in [5.74, 6) is -0.162. The summed E-state index contributed by atoms with van der Waals surface area (Å²) in [6.45, 7) is 6.37. The molecule has 0 spiro atoms. The van der Waals surface area contributed by atoms with Crippen molar-refractivity contribution in [3.8, 4) is 0 Å². The van der Waals surface area contributed by atoms with Gasteiger partial charge in [-0.2, -0.15) is 4.31 Å². The zero-order chi connectivity index (χ0) is 14.0. The molecule has 2 atom stereocenters. The Labute approximate surface area is 110 Å². The molecule has 1 aliphatic rings. The van der Waals surface area contributed by atoms with E-state index in [1.54, 1.807) is 13.8 Å². The quantitative estimate of drug-likeness (QED) is 0.735. The summed E-state index contributed by atoms with van der Waals surface area (Å²) in [7, 11) is -6.52. The van der Waals surface area contributed by atoms with Gasteiger partial charge in [-0.1, -0.05) is 6.92 Å². The molecule has 0 radical (unpaired) electrons. The molecular formula is C10H22N2O4S2. The number of nitrogens with zero attached hydrogens (tertiary/aromatic N) is 1. The van der Waals surface area contributed by atoms with Crippen molar-refractivity contribution in [2.75, 3.05) is 31.1 Å². The van der Waals surface area contributed by atoms with Gasteiger partial charge in [0.05, 0.1) is 16.8 Å². The topological polar surface area (TPSA) is 83.6 Å². The summed E-state index contributed by atoms with van der Waals surface area (Å²) in [6.07, 6.45) is 0. The summed E-state index contributed by atoms with van der Waals surface area (Å²) >= 11 is 0. The number of hydrogen-bond acceptors (Lipinski definition) is 5. The van der Waals surface area contributed by atoms with Gasteiger partial charge >= 0.3 is 0 Å². The summed E-state index contributed by atoms with van der Waals surface area (Å²) < 4.78 is 48.8. The van der Waals surface area contributed by atoms with Crippen LogP contribution >= 0.6 is 0 Å². The van der Waals surface area contributed by atoms with Crippen LogP contribution in [0.4, 0.5) is 0 Å². The van der Waals surface area contributed by atoms with E-state index < -0.39 is 31.2 Å². The molecule has 0 amide bonds. The van der Waals surface area contributed by atoms with Crippen LogP contribution in [-0.4, -0.2) is 63.6 Å². The molecule has 1 heterocycles. The van der Waals surface area contributed by atoms with Crippen molar-refractivity contribution >= 4 is 19.9 Å². The molecule has 0 bridgehead atoms. The van der Waals surface area contributed by atoms with Crippen LogP contribution in [0.2, 0.25) is 0 Å². The molecule has 0 aromatic heterocycles. The SMILES string of the molecule is CCNCC(C)S(=O)(=O)N1CCS(=O)(=O)CC1C. The van der Waals surface area contributed by atoms with Gasteiger partial charge in [0.1, 0.15) is 0 Å². The van der Waals surface area contributed by atoms with E-state index in [4.69, 9.17) is 0 Å². The predicted octanol–water partition coefficient (Wildman–Crippen LogP) is -0.567. The van der Waals surface area contributed by atoms with Gasteiger partial charge in [-0.25, -0.2) is 16.8 Å². The third-order valence-electron chi connectivity index (χ3n) is 3.13. The Morgan fingerprint density at radius 3 is 2.56 bits per heavy atom. The van der Waals surface area contributed by atoms with Crippen molar-refractivity contribution in [3.63, 3.8) is 0 Å². The monoisotopic (exact) mass is 298 g/mol. The molecule has 1 saturated heterocycles. The van der Waals surface area contributed by atoms with Gasteiger partial charge in [0.25, 0.3) is 0 Å². The molecule has 0 aromatic rings. The van der Waals surface area contributed by atoms with Crippen molar-refractivity contribution < 1.29 is 16.8 Å². The largest absolute Gasteiger partial charge is 0.316 e. The lowest BCUT2D eigenvalue weighted by Crippen LogP contribution is -2.53. The lowest BCUT2D eigenvalue weighted by molar-refractivity contribution is 0.351. The molecule has 18 heavy (non-hydrogen) atoms. The van der Waals surface area contributed by atoms with Crippen LogP contribution in [-0.2, 0) is 19.9 Å². The number of nitrogens with one attached hydrogen (secondary N) is 1. The minimum atomic E-state index is -3.43. The fourth-order valence-corrected chi connectivity index (χ4v) is 5.52. The van der Waals surface area contributed by atoms with Crippen molar-refractivity contribution in [2.45, 2.75) is 32.1 Å². The Balaban J connectivity index is 2.80. The van der Waals surface area contributed by atoms with Crippen LogP contribution in [0.5, 0.6) is 0 Å². The van der Waals surface area contributed by atoms with Crippen LogP contribution in [0.1, 0.15) is 20.8 Å². The first kappa shape index (κ1) is 15.9. The lowest BCUT2D eigenvalue weighted by Gasteiger charge is -2.34. The smallest absolute Gasteiger partial charge is 0.218 e. The van der Waals surface area contributed by atoms with Gasteiger partial charge in [-0.05, 0) is 20.4 Å². The van der Waals surface area contributed by atoms with E-state index in [1.807, 2.05) is 6.92 Å². The van der Waals surface area contributed by atoms with Crippen LogP contribution in [0.25, 0.3) is 0 Å². The highest BCUT2D eigenvalue weighted by Crippen LogP contribution is 2.18. The number of sulfonamides is 1. The van der Waals surface area contributed by atoms with E-state index in [0.717, 1.165) is 0 Å². The summed E-state index contributed by atoms with van der Waals surface area (Å²) in [5, 5.41) is 2.46. The minimum absolute atomic E-state index is 0.0717. The van der Waals surface area contributed by atoms with Crippen LogP contribution in [0.15, 0.2) is 0 Å². The fourth-order valence-electron chi connectivity index (χ4n) is 2.05. The van der Waals surface area contributed by atoms with E-state index in [9.17, 15) is 16.8 Å². The molecule has 1 aliphatic heterocycles. The molecule has 8 heteroatoms. The van der Waals surface area contributed by atoms with E-state index >= 15 is 0 Å². The Bertz CT molecular complexity index is 472. The van der Waals surface area contributed by atoms with Crippen molar-refractivity contribution in [3.05, 3.63) is 0 Å². The second-order valence-electron chi connectivity index (χ2n) is 4.74. The van der Waals surface area contributed by atoms with Gasteiger partial charge < -0.3 is 5.32 Å². The molecule has 0 saturated carbocycles. The predicted molar refractivity (Wildman–Crippen MR) is 71.7 cm³/mol. The first-order valence-electron chi connectivity index (χ1n) is 6.12. The minimum Gasteiger partial charge on any atom is -0.316 e. The molecular weight excluding hydrogens is 276 g/mol. The first-order chi connectivity index (χ1) is 8.20. The van der Waals surface area contributed by atoms with E-state index in [1.165, 1.54) is 4.31 Å². The summed E-state index contributed by atoms with van der Waals surface area (Å²) in [4.78, 5) is 0. The van der Waals surface area contributed by atoms with E-state index in [-0.39, 0.29) is 18.1 Å². The number of hydrogen-bond donors (Lipinski definition) is 1. The molecule has 1 fully saturated rings. The first-order valence-corrected chi connectivity index (χ1v) is 9.45. The van der Waals surface area contributed by atoms with Crippen LogP contribution < -0.4 is 5.32 Å². The van der Waals surface area contributed by atoms with Gasteiger partial charge in [0.2, 0.25) is 10.0 Å². The van der Waals surface area contributed by atoms with Crippen molar-refractivity contribution in [2.24, 2.45) is 0 Å². The maximum atomic E-state index is 12.3. The average Bonchev–Trinajstić information content (AvgIpc) is 2.23. The Kier molecular flexibility index (Phi) is 5.16. The second kappa shape index (κ2) is 5.85. The normalized spacial score (nSPS) is 26.9. The molecule has 0 aromatic carbocycles. The molecule has 1 rings (SSSR count). The van der Waals surface area contributed by atoms with Gasteiger partial charge in [-0.15, -0.1) is 0 Å². The highest BCUT2D eigenvalue weighted by molar-refractivity contribution is 7.92. The van der Waals surface area contributed by atoms with Gasteiger partial charge in [-0.3, -0.25) is 0 Å². The highest BCUT2D eigenvalue weighted by Gasteiger charge is 2.38. The zero-order valence-electron chi connectivity index (χ0n) is 11.1. The average molecular weight is 298 g/mol. The lowest BCUT2D eigenvalue weighted by atomic mass is 10.4. The Hall–Kier alpha value is -0.180. The summed E-state index contributed by atoms with van der Waals surface area (Å²) in [6, 6.07) is -0.474. The molecule has 0 aliphatic carbocycles. The van der Waals surface area contributed by atoms with Crippen LogP contribution in [0, 0.1) is 0 Å². The molecule has 6 nitrogen and oxygen atoms in total. The maximum Gasteiger partial charge on any atom is 0.218 e. The highest BCUT2D eigenvalue weighted by atomic mass is 32.2. The van der Waals surface area contributed by atoms with Crippen molar-refractivity contribution in [1.82, 2.24) is 9.62 Å².